The number of hydrogen-bond donors (Lipinski definition) is 2. The Morgan fingerprint density at radius 3 is 2.29 bits per heavy atom. The molecule has 0 aromatic carbocycles. The molecule has 2 saturated heterocycles. The maximum atomic E-state index is 6.14. The maximum absolute atomic E-state index is 6.14. The first-order valence-electron chi connectivity index (χ1n) is 4.82. The second-order valence-corrected chi connectivity index (χ2v) is 4.15. The van der Waals surface area contributed by atoms with E-state index in [2.05, 4.69) is 12.2 Å². The first-order valence-corrected chi connectivity index (χ1v) is 4.82. The fraction of sp³-hybridized carbons (Fsp3) is 1.00. The molecule has 2 rings (SSSR count). The predicted molar refractivity (Wildman–Crippen MR) is 62.4 cm³/mol. The van der Waals surface area contributed by atoms with Crippen molar-refractivity contribution >= 4 is 24.8 Å². The van der Waals surface area contributed by atoms with Crippen molar-refractivity contribution in [2.24, 2.45) is 11.1 Å². The van der Waals surface area contributed by atoms with E-state index in [0.717, 1.165) is 19.7 Å². The van der Waals surface area contributed by atoms with Gasteiger partial charge in [0.05, 0.1) is 12.7 Å². The minimum Gasteiger partial charge on any atom is -0.376 e. The Balaban J connectivity index is 0.000000845. The molecule has 3 N–H and O–H groups in total. The van der Waals surface area contributed by atoms with Crippen molar-refractivity contribution in [2.45, 2.75) is 31.9 Å². The van der Waals surface area contributed by atoms with Crippen LogP contribution in [0.25, 0.3) is 0 Å². The lowest BCUT2D eigenvalue weighted by Crippen LogP contribution is -2.49. The third-order valence-corrected chi connectivity index (χ3v) is 3.45. The summed E-state index contributed by atoms with van der Waals surface area (Å²) in [7, 11) is 0. The van der Waals surface area contributed by atoms with E-state index >= 15 is 0 Å². The van der Waals surface area contributed by atoms with E-state index in [1.165, 1.54) is 12.8 Å². The summed E-state index contributed by atoms with van der Waals surface area (Å²) in [5.74, 6) is 0. The fourth-order valence-corrected chi connectivity index (χ4v) is 2.40. The Morgan fingerprint density at radius 2 is 1.86 bits per heavy atom. The largest absolute Gasteiger partial charge is 0.376 e. The lowest BCUT2D eigenvalue weighted by Gasteiger charge is -2.36. The normalized spacial score (nSPS) is 34.7. The van der Waals surface area contributed by atoms with E-state index in [1.54, 1.807) is 0 Å². The smallest absolute Gasteiger partial charge is 0.0704 e. The van der Waals surface area contributed by atoms with Crippen LogP contribution in [0.3, 0.4) is 0 Å². The van der Waals surface area contributed by atoms with Crippen molar-refractivity contribution < 1.29 is 4.74 Å². The van der Waals surface area contributed by atoms with Gasteiger partial charge in [-0.15, -0.1) is 24.8 Å². The predicted octanol–water partition coefficient (Wildman–Crippen LogP) is 0.946. The van der Waals surface area contributed by atoms with Gasteiger partial charge >= 0.3 is 0 Å². The van der Waals surface area contributed by atoms with Crippen LogP contribution in [0.2, 0.25) is 0 Å². The summed E-state index contributed by atoms with van der Waals surface area (Å²) >= 11 is 0. The van der Waals surface area contributed by atoms with Gasteiger partial charge in [-0.2, -0.15) is 0 Å². The number of piperidine rings is 1. The van der Waals surface area contributed by atoms with Gasteiger partial charge in [0.1, 0.15) is 0 Å². The number of nitrogens with one attached hydrogen (secondary N) is 1. The third kappa shape index (κ3) is 2.34. The van der Waals surface area contributed by atoms with Gasteiger partial charge < -0.3 is 15.8 Å². The van der Waals surface area contributed by atoms with E-state index < -0.39 is 0 Å². The van der Waals surface area contributed by atoms with E-state index in [-0.39, 0.29) is 37.0 Å². The van der Waals surface area contributed by atoms with Crippen molar-refractivity contribution in [1.82, 2.24) is 5.32 Å². The van der Waals surface area contributed by atoms with Crippen LogP contribution in [0.5, 0.6) is 0 Å². The second-order valence-electron chi connectivity index (χ2n) is 4.15. The van der Waals surface area contributed by atoms with Crippen LogP contribution in [0.4, 0.5) is 0 Å². The summed E-state index contributed by atoms with van der Waals surface area (Å²) in [4.78, 5) is 0. The molecule has 0 aliphatic carbocycles. The maximum Gasteiger partial charge on any atom is 0.0704 e. The molecule has 0 amide bonds. The Kier molecular flexibility index (Phi) is 5.70. The van der Waals surface area contributed by atoms with Gasteiger partial charge in [0.2, 0.25) is 0 Å². The van der Waals surface area contributed by atoms with Gasteiger partial charge in [-0.05, 0) is 32.9 Å². The fourth-order valence-electron chi connectivity index (χ4n) is 2.40. The van der Waals surface area contributed by atoms with Crippen molar-refractivity contribution in [3.05, 3.63) is 0 Å². The summed E-state index contributed by atoms with van der Waals surface area (Å²) in [5.41, 5.74) is 6.43. The number of ether oxygens (including phenoxy) is 1. The van der Waals surface area contributed by atoms with Crippen LogP contribution in [-0.2, 0) is 4.74 Å². The van der Waals surface area contributed by atoms with Gasteiger partial charge in [0.25, 0.3) is 0 Å². The van der Waals surface area contributed by atoms with E-state index in [0.29, 0.717) is 5.41 Å². The van der Waals surface area contributed by atoms with E-state index in [4.69, 9.17) is 10.5 Å². The molecule has 0 bridgehead atoms. The van der Waals surface area contributed by atoms with Gasteiger partial charge in [-0.3, -0.25) is 0 Å². The zero-order valence-electron chi connectivity index (χ0n) is 8.49. The average molecular weight is 243 g/mol. The van der Waals surface area contributed by atoms with Crippen LogP contribution < -0.4 is 11.1 Å². The van der Waals surface area contributed by atoms with Crippen LogP contribution in [-0.4, -0.2) is 31.8 Å². The van der Waals surface area contributed by atoms with Gasteiger partial charge in [0.15, 0.2) is 0 Å². The molecule has 14 heavy (non-hydrogen) atoms. The van der Waals surface area contributed by atoms with E-state index in [1.807, 2.05) is 0 Å². The Labute approximate surface area is 98.0 Å². The number of rotatable bonds is 0. The monoisotopic (exact) mass is 242 g/mol. The molecule has 0 unspecified atom stereocenters. The van der Waals surface area contributed by atoms with Crippen LogP contribution in [0.1, 0.15) is 19.8 Å². The Morgan fingerprint density at radius 1 is 1.29 bits per heavy atom. The molecule has 2 fully saturated rings. The summed E-state index contributed by atoms with van der Waals surface area (Å²) in [5, 5.41) is 3.36. The molecule has 0 saturated carbocycles. The molecule has 2 heterocycles. The summed E-state index contributed by atoms with van der Waals surface area (Å²) < 4.78 is 5.61. The molecule has 3 nitrogen and oxygen atoms in total. The second kappa shape index (κ2) is 5.52. The van der Waals surface area contributed by atoms with Crippen LogP contribution in [0, 0.1) is 5.41 Å². The molecule has 0 aromatic rings. The highest BCUT2D eigenvalue weighted by molar-refractivity contribution is 5.85. The number of halogens is 2. The van der Waals surface area contributed by atoms with Crippen LogP contribution >= 0.6 is 24.8 Å². The zero-order chi connectivity index (χ0) is 8.60. The molecule has 2 atom stereocenters. The molecule has 0 aromatic heterocycles. The van der Waals surface area contributed by atoms with Crippen molar-refractivity contribution in [2.75, 3.05) is 19.7 Å². The lowest BCUT2D eigenvalue weighted by atomic mass is 9.74. The molecular formula is C9H20Cl2N2O. The minimum absolute atomic E-state index is 0. The zero-order valence-corrected chi connectivity index (χ0v) is 10.1. The first kappa shape index (κ1) is 14.5. The van der Waals surface area contributed by atoms with Gasteiger partial charge in [0, 0.05) is 11.5 Å². The SMILES string of the molecule is C[C@H]1OCC2(CCNCC2)[C@H]1N.Cl.Cl. The molecule has 5 heteroatoms. The minimum atomic E-state index is 0. The molecule has 86 valence electrons. The summed E-state index contributed by atoms with van der Waals surface area (Å²) in [6.07, 6.45) is 2.61. The van der Waals surface area contributed by atoms with Crippen molar-refractivity contribution in [3.63, 3.8) is 0 Å². The topological polar surface area (TPSA) is 47.3 Å². The molecular weight excluding hydrogens is 223 g/mol. The summed E-state index contributed by atoms with van der Waals surface area (Å²) in [6, 6.07) is 0.250. The average Bonchev–Trinajstić information content (AvgIpc) is 2.37. The Bertz CT molecular complexity index is 169. The molecule has 2 aliphatic heterocycles. The van der Waals surface area contributed by atoms with E-state index in [9.17, 15) is 0 Å². The first-order chi connectivity index (χ1) is 5.75. The molecule has 2 aliphatic rings. The summed E-state index contributed by atoms with van der Waals surface area (Å²) in [6.45, 7) is 5.16. The number of nitrogens with two attached hydrogens (primary N) is 1. The highest BCUT2D eigenvalue weighted by atomic mass is 35.5. The number of hydrogen-bond acceptors (Lipinski definition) is 3. The molecule has 1 spiro atoms. The molecule has 0 radical (unpaired) electrons. The third-order valence-electron chi connectivity index (χ3n) is 3.45. The van der Waals surface area contributed by atoms with Crippen molar-refractivity contribution in [3.8, 4) is 0 Å². The highest BCUT2D eigenvalue weighted by Gasteiger charge is 2.46. The standard InChI is InChI=1S/C9H18N2O.2ClH/c1-7-8(10)9(6-12-7)2-4-11-5-3-9;;/h7-8,11H,2-6,10H2,1H3;2*1H/t7-,8+;;/m1../s1. The Hall–Kier alpha value is 0.460. The lowest BCUT2D eigenvalue weighted by molar-refractivity contribution is 0.0952. The quantitative estimate of drug-likeness (QED) is 0.665. The van der Waals surface area contributed by atoms with Crippen molar-refractivity contribution in [1.29, 1.82) is 0 Å². The highest BCUT2D eigenvalue weighted by Crippen LogP contribution is 2.39. The van der Waals surface area contributed by atoms with Gasteiger partial charge in [-0.1, -0.05) is 0 Å². The van der Waals surface area contributed by atoms with Crippen LogP contribution in [0.15, 0.2) is 0 Å². The van der Waals surface area contributed by atoms with Gasteiger partial charge in [-0.25, -0.2) is 0 Å².